The summed E-state index contributed by atoms with van der Waals surface area (Å²) in [5, 5.41) is 0.713. The van der Waals surface area contributed by atoms with Gasteiger partial charge in [-0.1, -0.05) is 13.8 Å². The molecule has 2 aromatic rings. The molecule has 3 rings (SSSR count). The summed E-state index contributed by atoms with van der Waals surface area (Å²) < 4.78 is 11.2. The highest BCUT2D eigenvalue weighted by Crippen LogP contribution is 2.19. The minimum Gasteiger partial charge on any atom is -0.493 e. The maximum absolute atomic E-state index is 13.0. The Morgan fingerprint density at radius 3 is 2.75 bits per heavy atom. The Kier molecular flexibility index (Phi) is 5.21. The Morgan fingerprint density at radius 1 is 1.29 bits per heavy atom. The van der Waals surface area contributed by atoms with Crippen LogP contribution in [-0.4, -0.2) is 37.9 Å². The monoisotopic (exact) mass is 331 g/mol. The summed E-state index contributed by atoms with van der Waals surface area (Å²) in [7, 11) is 0. The molecule has 1 aliphatic rings. The number of H-pyrrole nitrogens is 1. The molecule has 2 N–H and O–H groups in total. The van der Waals surface area contributed by atoms with Gasteiger partial charge in [-0.3, -0.25) is 4.79 Å². The van der Waals surface area contributed by atoms with Crippen LogP contribution in [0.3, 0.4) is 0 Å². The van der Waals surface area contributed by atoms with Gasteiger partial charge in [-0.05, 0) is 31.0 Å². The van der Waals surface area contributed by atoms with E-state index in [1.54, 1.807) is 0 Å². The molecule has 130 valence electrons. The summed E-state index contributed by atoms with van der Waals surface area (Å²) in [5.74, 6) is 1.22. The summed E-state index contributed by atoms with van der Waals surface area (Å²) in [6.07, 6.45) is 0. The number of benzene rings is 1. The minimum atomic E-state index is 0.121. The normalized spacial score (nSPS) is 16.0. The highest BCUT2D eigenvalue weighted by atomic mass is 16.5. The molecule has 0 saturated carbocycles. The highest BCUT2D eigenvalue weighted by molar-refractivity contribution is 5.81. The predicted molar refractivity (Wildman–Crippen MR) is 94.9 cm³/mol. The Hall–Kier alpha value is -1.85. The van der Waals surface area contributed by atoms with Gasteiger partial charge in [-0.15, -0.1) is 0 Å². The van der Waals surface area contributed by atoms with Gasteiger partial charge in [0.15, 0.2) is 5.43 Å². The van der Waals surface area contributed by atoms with Crippen molar-refractivity contribution in [3.63, 3.8) is 0 Å². The molecule has 5 heteroatoms. The summed E-state index contributed by atoms with van der Waals surface area (Å²) in [5.41, 5.74) is 2.83. The first-order chi connectivity index (χ1) is 11.5. The van der Waals surface area contributed by atoms with Crippen LogP contribution in [0.1, 0.15) is 25.1 Å². The first kappa shape index (κ1) is 17.0. The fraction of sp³-hybridized carbons (Fsp3) is 0.526. The molecule has 0 atom stereocenters. The van der Waals surface area contributed by atoms with Crippen LogP contribution in [0, 0.1) is 12.8 Å². The van der Waals surface area contributed by atoms with Gasteiger partial charge in [-0.2, -0.15) is 0 Å². The van der Waals surface area contributed by atoms with Gasteiger partial charge in [0.2, 0.25) is 0 Å². The second kappa shape index (κ2) is 7.36. The number of morpholine rings is 1. The minimum absolute atomic E-state index is 0.121. The van der Waals surface area contributed by atoms with E-state index in [2.05, 4.69) is 18.8 Å². The van der Waals surface area contributed by atoms with E-state index in [0.29, 0.717) is 17.9 Å². The van der Waals surface area contributed by atoms with Gasteiger partial charge in [0.05, 0.1) is 25.4 Å². The number of pyridine rings is 1. The maximum atomic E-state index is 13.0. The zero-order valence-corrected chi connectivity index (χ0v) is 14.8. The van der Waals surface area contributed by atoms with E-state index in [-0.39, 0.29) is 5.43 Å². The number of ether oxygens (including phenoxy) is 2. The Bertz CT molecular complexity index is 761. The number of hydrogen-bond acceptors (Lipinski definition) is 3. The summed E-state index contributed by atoms with van der Waals surface area (Å²) >= 11 is 0. The lowest BCUT2D eigenvalue weighted by Crippen LogP contribution is -3.13. The number of aromatic amines is 1. The van der Waals surface area contributed by atoms with Crippen LogP contribution in [0.2, 0.25) is 0 Å². The first-order valence-electron chi connectivity index (χ1n) is 8.74. The van der Waals surface area contributed by atoms with Crippen molar-refractivity contribution >= 4 is 10.9 Å². The average molecular weight is 331 g/mol. The zero-order chi connectivity index (χ0) is 17.1. The topological polar surface area (TPSA) is 55.8 Å². The molecular formula is C19H27N2O3+. The molecule has 24 heavy (non-hydrogen) atoms. The number of rotatable bonds is 5. The smallest absolute Gasteiger partial charge is 0.198 e. The van der Waals surface area contributed by atoms with Crippen LogP contribution in [0.4, 0.5) is 0 Å². The molecule has 0 radical (unpaired) electrons. The predicted octanol–water partition coefficient (Wildman–Crippen LogP) is 1.29. The van der Waals surface area contributed by atoms with Crippen LogP contribution in [0.5, 0.6) is 5.75 Å². The average Bonchev–Trinajstić information content (AvgIpc) is 2.58. The Balaban J connectivity index is 1.92. The molecule has 0 amide bonds. The molecule has 1 aliphatic heterocycles. The van der Waals surface area contributed by atoms with Crippen LogP contribution in [0.25, 0.3) is 10.9 Å². The van der Waals surface area contributed by atoms with Gasteiger partial charge in [0.25, 0.3) is 0 Å². The molecule has 1 saturated heterocycles. The molecule has 0 bridgehead atoms. The lowest BCUT2D eigenvalue weighted by molar-refractivity contribution is -0.921. The van der Waals surface area contributed by atoms with E-state index in [1.807, 2.05) is 25.1 Å². The third-order valence-corrected chi connectivity index (χ3v) is 4.49. The first-order valence-corrected chi connectivity index (χ1v) is 8.74. The third-order valence-electron chi connectivity index (χ3n) is 4.49. The number of nitrogens with one attached hydrogen (secondary N) is 2. The van der Waals surface area contributed by atoms with Crippen LogP contribution in [0.15, 0.2) is 23.0 Å². The maximum Gasteiger partial charge on any atom is 0.198 e. The van der Waals surface area contributed by atoms with Crippen LogP contribution < -0.4 is 15.1 Å². The lowest BCUT2D eigenvalue weighted by atomic mass is 10.1. The Labute approximate surface area is 142 Å². The molecule has 0 unspecified atom stereocenters. The van der Waals surface area contributed by atoms with Gasteiger partial charge in [0, 0.05) is 16.6 Å². The second-order valence-electron chi connectivity index (χ2n) is 7.01. The molecule has 1 fully saturated rings. The van der Waals surface area contributed by atoms with Crippen molar-refractivity contribution in [3.05, 3.63) is 39.7 Å². The zero-order valence-electron chi connectivity index (χ0n) is 14.8. The van der Waals surface area contributed by atoms with Gasteiger partial charge < -0.3 is 19.4 Å². The van der Waals surface area contributed by atoms with Crippen molar-refractivity contribution in [1.82, 2.24) is 4.98 Å². The van der Waals surface area contributed by atoms with Crippen molar-refractivity contribution in [2.75, 3.05) is 32.9 Å². The summed E-state index contributed by atoms with van der Waals surface area (Å²) in [6, 6.07) is 5.73. The Morgan fingerprint density at radius 2 is 2.04 bits per heavy atom. The SMILES string of the molecule is Cc1[nH]c2ccc(OCC(C)C)cc2c(=O)c1C[NH+]1CCOCC1. The van der Waals surface area contributed by atoms with E-state index >= 15 is 0 Å². The number of aromatic nitrogens is 1. The highest BCUT2D eigenvalue weighted by Gasteiger charge is 2.19. The van der Waals surface area contributed by atoms with E-state index in [9.17, 15) is 4.79 Å². The van der Waals surface area contributed by atoms with E-state index in [1.165, 1.54) is 4.90 Å². The molecule has 5 nitrogen and oxygen atoms in total. The molecule has 2 heterocycles. The van der Waals surface area contributed by atoms with Gasteiger partial charge in [-0.25, -0.2) is 0 Å². The molecule has 1 aromatic carbocycles. The molecular weight excluding hydrogens is 304 g/mol. The molecule has 0 aliphatic carbocycles. The number of fused-ring (bicyclic) bond motifs is 1. The molecule has 0 spiro atoms. The number of hydrogen-bond donors (Lipinski definition) is 2. The largest absolute Gasteiger partial charge is 0.493 e. The van der Waals surface area contributed by atoms with Crippen LogP contribution in [-0.2, 0) is 11.3 Å². The van der Waals surface area contributed by atoms with Crippen molar-refractivity contribution in [2.24, 2.45) is 5.92 Å². The third kappa shape index (κ3) is 3.79. The van der Waals surface area contributed by atoms with Crippen molar-refractivity contribution in [1.29, 1.82) is 0 Å². The van der Waals surface area contributed by atoms with Crippen LogP contribution >= 0.6 is 0 Å². The van der Waals surface area contributed by atoms with Crippen molar-refractivity contribution in [3.8, 4) is 5.75 Å². The van der Waals surface area contributed by atoms with E-state index in [4.69, 9.17) is 9.47 Å². The molecule has 1 aromatic heterocycles. The van der Waals surface area contributed by atoms with Crippen molar-refractivity contribution in [2.45, 2.75) is 27.3 Å². The fourth-order valence-electron chi connectivity index (χ4n) is 3.08. The second-order valence-corrected chi connectivity index (χ2v) is 7.01. The number of quaternary nitrogens is 1. The van der Waals surface area contributed by atoms with Gasteiger partial charge >= 0.3 is 0 Å². The van der Waals surface area contributed by atoms with E-state index < -0.39 is 0 Å². The standard InChI is InChI=1S/C19H26N2O3/c1-13(2)12-24-15-4-5-18-16(10-15)19(22)17(14(3)20-18)11-21-6-8-23-9-7-21/h4-5,10,13H,6-9,11-12H2,1-3H3,(H,20,22)/p+1. The van der Waals surface area contributed by atoms with E-state index in [0.717, 1.165) is 55.4 Å². The summed E-state index contributed by atoms with van der Waals surface area (Å²) in [6.45, 7) is 11.1. The fourth-order valence-corrected chi connectivity index (χ4v) is 3.08. The lowest BCUT2D eigenvalue weighted by Gasteiger charge is -2.24. The summed E-state index contributed by atoms with van der Waals surface area (Å²) in [4.78, 5) is 17.8. The van der Waals surface area contributed by atoms with Crippen molar-refractivity contribution < 1.29 is 14.4 Å². The quantitative estimate of drug-likeness (QED) is 0.868. The number of aryl methyl sites for hydroxylation is 1. The van der Waals surface area contributed by atoms with Gasteiger partial charge in [0.1, 0.15) is 25.4 Å².